The Morgan fingerprint density at radius 1 is 0.775 bits per heavy atom. The number of benzene rings is 4. The van der Waals surface area contributed by atoms with E-state index in [0.717, 1.165) is 20.5 Å². The second-order valence-electron chi connectivity index (χ2n) is 8.82. The predicted molar refractivity (Wildman–Crippen MR) is 151 cm³/mol. The number of nitrogens with one attached hydrogen (secondary N) is 1. The minimum absolute atomic E-state index is 0.154. The Morgan fingerprint density at radius 3 is 2.10 bits per heavy atom. The summed E-state index contributed by atoms with van der Waals surface area (Å²) in [5.41, 5.74) is 2.24. The zero-order valence-electron chi connectivity index (χ0n) is 21.0. The number of ether oxygens (including phenoxy) is 2. The Morgan fingerprint density at radius 2 is 1.40 bits per heavy atom. The molecule has 1 fully saturated rings. The highest BCUT2D eigenvalue weighted by atomic mass is 79.9. The van der Waals surface area contributed by atoms with Crippen molar-refractivity contribution in [3.8, 4) is 11.5 Å². The van der Waals surface area contributed by atoms with Crippen LogP contribution in [-0.2, 0) is 22.8 Å². The highest BCUT2D eigenvalue weighted by Crippen LogP contribution is 2.27. The van der Waals surface area contributed by atoms with Crippen LogP contribution in [0.15, 0.2) is 107 Å². The lowest BCUT2D eigenvalue weighted by Crippen LogP contribution is -2.54. The molecule has 4 aromatic rings. The maximum absolute atomic E-state index is 13.4. The molecule has 1 saturated heterocycles. The molecule has 7 nitrogen and oxygen atoms in total. The van der Waals surface area contributed by atoms with E-state index in [4.69, 9.17) is 9.47 Å². The van der Waals surface area contributed by atoms with Gasteiger partial charge >= 0.3 is 6.03 Å². The number of halogens is 2. The summed E-state index contributed by atoms with van der Waals surface area (Å²) in [4.78, 5) is 39.6. The van der Waals surface area contributed by atoms with E-state index in [1.165, 1.54) is 18.2 Å². The van der Waals surface area contributed by atoms with Crippen LogP contribution in [0.3, 0.4) is 0 Å². The van der Waals surface area contributed by atoms with Gasteiger partial charge < -0.3 is 9.47 Å². The summed E-state index contributed by atoms with van der Waals surface area (Å²) in [7, 11) is 0. The van der Waals surface area contributed by atoms with E-state index < -0.39 is 17.8 Å². The molecule has 40 heavy (non-hydrogen) atoms. The summed E-state index contributed by atoms with van der Waals surface area (Å²) >= 11 is 3.40. The van der Waals surface area contributed by atoms with Gasteiger partial charge in [-0.25, -0.2) is 14.1 Å². The van der Waals surface area contributed by atoms with E-state index in [1.54, 1.807) is 60.7 Å². The third-order valence-corrected chi connectivity index (χ3v) is 6.57. The lowest BCUT2D eigenvalue weighted by atomic mass is 10.1. The number of urea groups is 1. The zero-order chi connectivity index (χ0) is 28.1. The van der Waals surface area contributed by atoms with Gasteiger partial charge in [0.2, 0.25) is 0 Å². The van der Waals surface area contributed by atoms with Crippen molar-refractivity contribution >= 4 is 45.5 Å². The van der Waals surface area contributed by atoms with E-state index in [0.29, 0.717) is 23.7 Å². The summed E-state index contributed by atoms with van der Waals surface area (Å²) in [5, 5.41) is 2.22. The summed E-state index contributed by atoms with van der Waals surface area (Å²) in [6.07, 6.45) is 1.38. The molecule has 4 amide bonds. The predicted octanol–water partition coefficient (Wildman–Crippen LogP) is 6.41. The number of amides is 4. The lowest BCUT2D eigenvalue weighted by Gasteiger charge is -2.26. The maximum atomic E-state index is 13.4. The molecule has 4 aromatic carbocycles. The molecule has 200 valence electrons. The van der Waals surface area contributed by atoms with Crippen LogP contribution < -0.4 is 19.7 Å². The lowest BCUT2D eigenvalue weighted by molar-refractivity contribution is -0.122. The molecule has 1 N–H and O–H groups in total. The molecule has 1 heterocycles. The first-order chi connectivity index (χ1) is 19.4. The van der Waals surface area contributed by atoms with Crippen molar-refractivity contribution in [2.45, 2.75) is 13.2 Å². The molecule has 0 spiro atoms. The number of anilines is 1. The van der Waals surface area contributed by atoms with E-state index in [9.17, 15) is 18.8 Å². The number of carbonyl (C=O) groups excluding carboxylic acids is 3. The highest BCUT2D eigenvalue weighted by molar-refractivity contribution is 9.10. The molecule has 5 rings (SSSR count). The molecule has 9 heteroatoms. The smallest absolute Gasteiger partial charge is 0.335 e. The maximum Gasteiger partial charge on any atom is 0.335 e. The average Bonchev–Trinajstić information content (AvgIpc) is 2.96. The van der Waals surface area contributed by atoms with Gasteiger partial charge in [-0.3, -0.25) is 14.9 Å². The normalized spacial score (nSPS) is 14.3. The van der Waals surface area contributed by atoms with Crippen molar-refractivity contribution in [2.75, 3.05) is 4.90 Å². The fraction of sp³-hybridized carbons (Fsp3) is 0.0645. The van der Waals surface area contributed by atoms with Gasteiger partial charge in [-0.1, -0.05) is 58.4 Å². The average molecular weight is 601 g/mol. The fourth-order valence-electron chi connectivity index (χ4n) is 3.96. The van der Waals surface area contributed by atoms with Gasteiger partial charge in [0.05, 0.1) is 5.69 Å². The Kier molecular flexibility index (Phi) is 8.02. The van der Waals surface area contributed by atoms with Crippen molar-refractivity contribution in [1.29, 1.82) is 0 Å². The topological polar surface area (TPSA) is 84.9 Å². The molecule has 0 saturated carbocycles. The first-order valence-corrected chi connectivity index (χ1v) is 13.0. The fourth-order valence-corrected chi connectivity index (χ4v) is 4.22. The summed E-state index contributed by atoms with van der Waals surface area (Å²) < 4.78 is 25.9. The first-order valence-electron chi connectivity index (χ1n) is 12.2. The van der Waals surface area contributed by atoms with Crippen LogP contribution in [0, 0.1) is 5.82 Å². The zero-order valence-corrected chi connectivity index (χ0v) is 22.6. The second-order valence-corrected chi connectivity index (χ2v) is 9.74. The number of rotatable bonds is 8. The minimum Gasteiger partial charge on any atom is -0.489 e. The van der Waals surface area contributed by atoms with E-state index >= 15 is 0 Å². The Labute approximate surface area is 238 Å². The standard InChI is InChI=1S/C31H22BrFN2O5/c32-23-9-5-20(6-10-23)18-39-26-15-13-25(14-16-26)35-30(37)27(29(36)34-31(35)38)17-22-3-1-2-4-28(22)40-19-21-7-11-24(33)12-8-21/h1-17H,18-19H2,(H,34,36,38)/b27-17+. The van der Waals surface area contributed by atoms with Gasteiger partial charge in [0.25, 0.3) is 11.8 Å². The Hall–Kier alpha value is -4.76. The third-order valence-electron chi connectivity index (χ3n) is 6.04. The van der Waals surface area contributed by atoms with Crippen LogP contribution in [0.5, 0.6) is 11.5 Å². The van der Waals surface area contributed by atoms with Crippen molar-refractivity contribution in [1.82, 2.24) is 5.32 Å². The van der Waals surface area contributed by atoms with Gasteiger partial charge in [0, 0.05) is 10.0 Å². The van der Waals surface area contributed by atoms with E-state index in [-0.39, 0.29) is 23.7 Å². The molecule has 0 aromatic heterocycles. The van der Waals surface area contributed by atoms with Crippen molar-refractivity contribution < 1.29 is 28.2 Å². The minimum atomic E-state index is -0.850. The van der Waals surface area contributed by atoms with E-state index in [1.807, 2.05) is 24.3 Å². The number of imide groups is 2. The SMILES string of the molecule is O=C1NC(=O)N(c2ccc(OCc3ccc(Br)cc3)cc2)C(=O)/C1=C/c1ccccc1OCc1ccc(F)cc1. The van der Waals surface area contributed by atoms with Gasteiger partial charge in [-0.05, 0) is 71.8 Å². The quantitative estimate of drug-likeness (QED) is 0.186. The molecule has 0 unspecified atom stereocenters. The second kappa shape index (κ2) is 12.0. The summed E-state index contributed by atoms with van der Waals surface area (Å²) in [6, 6.07) is 26.1. The van der Waals surface area contributed by atoms with E-state index in [2.05, 4.69) is 21.2 Å². The van der Waals surface area contributed by atoms with Crippen LogP contribution in [0.2, 0.25) is 0 Å². The number of hydrogen-bond donors (Lipinski definition) is 1. The number of carbonyl (C=O) groups is 3. The molecule has 1 aliphatic heterocycles. The Balaban J connectivity index is 1.32. The van der Waals surface area contributed by atoms with Crippen LogP contribution >= 0.6 is 15.9 Å². The van der Waals surface area contributed by atoms with Crippen LogP contribution in [0.1, 0.15) is 16.7 Å². The van der Waals surface area contributed by atoms with Crippen molar-refractivity contribution in [3.05, 3.63) is 130 Å². The van der Waals surface area contributed by atoms with Gasteiger partial charge in [0.1, 0.15) is 36.1 Å². The molecule has 0 bridgehead atoms. The van der Waals surface area contributed by atoms with Gasteiger partial charge in [-0.15, -0.1) is 0 Å². The van der Waals surface area contributed by atoms with Gasteiger partial charge in [-0.2, -0.15) is 0 Å². The molecule has 1 aliphatic rings. The summed E-state index contributed by atoms with van der Waals surface area (Å²) in [6.45, 7) is 0.501. The largest absolute Gasteiger partial charge is 0.489 e. The number of barbiturate groups is 1. The van der Waals surface area contributed by atoms with Crippen molar-refractivity contribution in [3.63, 3.8) is 0 Å². The van der Waals surface area contributed by atoms with Crippen LogP contribution in [0.25, 0.3) is 6.08 Å². The number of para-hydroxylation sites is 1. The molecule has 0 atom stereocenters. The summed E-state index contributed by atoms with van der Waals surface area (Å²) in [5.74, 6) is -0.969. The molecular weight excluding hydrogens is 579 g/mol. The number of hydrogen-bond acceptors (Lipinski definition) is 5. The van der Waals surface area contributed by atoms with Crippen LogP contribution in [-0.4, -0.2) is 17.8 Å². The Bertz CT molecular complexity index is 1590. The van der Waals surface area contributed by atoms with Crippen molar-refractivity contribution in [2.24, 2.45) is 0 Å². The first kappa shape index (κ1) is 26.8. The van der Waals surface area contributed by atoms with Gasteiger partial charge in [0.15, 0.2) is 0 Å². The third kappa shape index (κ3) is 6.27. The molecule has 0 aliphatic carbocycles. The molecule has 0 radical (unpaired) electrons. The van der Waals surface area contributed by atoms with Crippen LogP contribution in [0.4, 0.5) is 14.9 Å². The monoisotopic (exact) mass is 600 g/mol. The highest BCUT2D eigenvalue weighted by Gasteiger charge is 2.37. The number of nitrogens with zero attached hydrogens (tertiary/aromatic N) is 1. The molecular formula is C31H22BrFN2O5.